The van der Waals surface area contributed by atoms with Crippen molar-refractivity contribution >= 4 is 5.84 Å². The molecule has 0 aromatic heterocycles. The third-order valence-corrected chi connectivity index (χ3v) is 1.74. The second-order valence-electron chi connectivity index (χ2n) is 2.46. The van der Waals surface area contributed by atoms with Gasteiger partial charge in [0.25, 0.3) is 0 Å². The van der Waals surface area contributed by atoms with Gasteiger partial charge in [-0.3, -0.25) is 4.99 Å². The lowest BCUT2D eigenvalue weighted by Gasteiger charge is -2.15. The van der Waals surface area contributed by atoms with Gasteiger partial charge in [-0.15, -0.1) is 0 Å². The number of amidine groups is 1. The molecule has 2 aliphatic rings. The lowest BCUT2D eigenvalue weighted by Crippen LogP contribution is -2.22. The van der Waals surface area contributed by atoms with Crippen molar-refractivity contribution in [2.75, 3.05) is 13.1 Å². The Balaban J connectivity index is 2.32. The van der Waals surface area contributed by atoms with Gasteiger partial charge in [0.05, 0.1) is 12.1 Å². The second-order valence-corrected chi connectivity index (χ2v) is 2.46. The molecule has 3 heteroatoms. The van der Waals surface area contributed by atoms with Gasteiger partial charge >= 0.3 is 0 Å². The molecule has 0 bridgehead atoms. The molecule has 0 radical (unpaired) electrons. The predicted molar refractivity (Wildman–Crippen MR) is 41.8 cm³/mol. The standard InChI is InChI=1S/C8H7N3/c9-5-7-1-2-8-10-3-4-11(8)6-7/h1-2,6H,3-4H2. The van der Waals surface area contributed by atoms with E-state index in [0.29, 0.717) is 5.57 Å². The van der Waals surface area contributed by atoms with E-state index in [1.807, 2.05) is 17.2 Å². The van der Waals surface area contributed by atoms with E-state index in [2.05, 4.69) is 11.1 Å². The third-order valence-electron chi connectivity index (χ3n) is 1.74. The van der Waals surface area contributed by atoms with Crippen LogP contribution in [-0.2, 0) is 0 Å². The van der Waals surface area contributed by atoms with E-state index in [-0.39, 0.29) is 0 Å². The molecule has 11 heavy (non-hydrogen) atoms. The van der Waals surface area contributed by atoms with Gasteiger partial charge in [-0.25, -0.2) is 0 Å². The maximum atomic E-state index is 8.57. The molecule has 0 aliphatic carbocycles. The highest BCUT2D eigenvalue weighted by atomic mass is 15.2. The number of nitrogens with zero attached hydrogens (tertiary/aromatic N) is 3. The van der Waals surface area contributed by atoms with Crippen molar-refractivity contribution in [2.45, 2.75) is 0 Å². The van der Waals surface area contributed by atoms with Gasteiger partial charge in [0, 0.05) is 12.7 Å². The molecule has 54 valence electrons. The predicted octanol–water partition coefficient (Wildman–Crippen LogP) is 0.678. The molecule has 0 saturated carbocycles. The molecule has 0 fully saturated rings. The summed E-state index contributed by atoms with van der Waals surface area (Å²) in [6.45, 7) is 1.75. The molecule has 0 aromatic rings. The molecule has 2 rings (SSSR count). The SMILES string of the molecule is N#CC1=CN2CCN=C2C=C1. The maximum absolute atomic E-state index is 8.57. The Hall–Kier alpha value is -1.56. The van der Waals surface area contributed by atoms with E-state index >= 15 is 0 Å². The van der Waals surface area contributed by atoms with Crippen molar-refractivity contribution < 1.29 is 0 Å². The van der Waals surface area contributed by atoms with E-state index in [1.165, 1.54) is 0 Å². The summed E-state index contributed by atoms with van der Waals surface area (Å²) in [5.41, 5.74) is 0.700. The Bertz CT molecular complexity index is 304. The van der Waals surface area contributed by atoms with Crippen molar-refractivity contribution in [3.8, 4) is 6.07 Å². The van der Waals surface area contributed by atoms with Crippen LogP contribution >= 0.6 is 0 Å². The van der Waals surface area contributed by atoms with Crippen LogP contribution in [0.2, 0.25) is 0 Å². The Morgan fingerprint density at radius 2 is 2.45 bits per heavy atom. The van der Waals surface area contributed by atoms with Gasteiger partial charge in [-0.2, -0.15) is 5.26 Å². The number of aliphatic imine (C=N–C) groups is 1. The highest BCUT2D eigenvalue weighted by Gasteiger charge is 2.15. The zero-order valence-corrected chi connectivity index (χ0v) is 5.99. The van der Waals surface area contributed by atoms with Gasteiger partial charge in [0.15, 0.2) is 0 Å². The largest absolute Gasteiger partial charge is 0.330 e. The minimum Gasteiger partial charge on any atom is -0.330 e. The zero-order chi connectivity index (χ0) is 7.68. The quantitative estimate of drug-likeness (QED) is 0.502. The summed E-state index contributed by atoms with van der Waals surface area (Å²) in [7, 11) is 0. The fraction of sp³-hybridized carbons (Fsp3) is 0.250. The van der Waals surface area contributed by atoms with Crippen molar-refractivity contribution in [3.63, 3.8) is 0 Å². The molecule has 2 heterocycles. The molecule has 0 saturated heterocycles. The monoisotopic (exact) mass is 145 g/mol. The van der Waals surface area contributed by atoms with Gasteiger partial charge in [0.1, 0.15) is 11.9 Å². The minimum atomic E-state index is 0.700. The first-order valence-electron chi connectivity index (χ1n) is 3.51. The summed E-state index contributed by atoms with van der Waals surface area (Å²) in [4.78, 5) is 6.23. The lowest BCUT2D eigenvalue weighted by molar-refractivity contribution is 0.608. The van der Waals surface area contributed by atoms with E-state index in [4.69, 9.17) is 5.26 Å². The Kier molecular flexibility index (Phi) is 1.26. The molecule has 0 N–H and O–H groups in total. The van der Waals surface area contributed by atoms with Crippen LogP contribution in [0.4, 0.5) is 0 Å². The summed E-state index contributed by atoms with van der Waals surface area (Å²) in [5.74, 6) is 0.976. The van der Waals surface area contributed by atoms with Gasteiger partial charge in [-0.1, -0.05) is 0 Å². The Labute approximate surface area is 65.0 Å². The molecule has 0 spiro atoms. The molecule has 0 unspecified atom stereocenters. The van der Waals surface area contributed by atoms with Crippen molar-refractivity contribution in [3.05, 3.63) is 23.9 Å². The van der Waals surface area contributed by atoms with Crippen LogP contribution in [0.25, 0.3) is 0 Å². The summed E-state index contributed by atoms with van der Waals surface area (Å²) in [6.07, 6.45) is 5.51. The number of allylic oxidation sites excluding steroid dienone is 2. The Morgan fingerprint density at radius 1 is 1.55 bits per heavy atom. The van der Waals surface area contributed by atoms with Crippen LogP contribution in [0.15, 0.2) is 28.9 Å². The fourth-order valence-electron chi connectivity index (χ4n) is 1.20. The van der Waals surface area contributed by atoms with E-state index in [1.54, 1.807) is 6.08 Å². The first kappa shape index (κ1) is 6.17. The molecular formula is C8H7N3. The van der Waals surface area contributed by atoms with Crippen LogP contribution in [-0.4, -0.2) is 23.8 Å². The normalized spacial score (nSPS) is 20.5. The summed E-state index contributed by atoms with van der Waals surface area (Å²) in [5, 5.41) is 8.57. The zero-order valence-electron chi connectivity index (χ0n) is 5.99. The van der Waals surface area contributed by atoms with Crippen molar-refractivity contribution in [1.82, 2.24) is 4.90 Å². The first-order chi connectivity index (χ1) is 5.40. The average Bonchev–Trinajstić information content (AvgIpc) is 2.50. The second kappa shape index (κ2) is 2.24. The lowest BCUT2D eigenvalue weighted by atomic mass is 10.2. The number of fused-ring (bicyclic) bond motifs is 1. The van der Waals surface area contributed by atoms with Crippen molar-refractivity contribution in [1.29, 1.82) is 5.26 Å². The molecular weight excluding hydrogens is 138 g/mol. The summed E-state index contributed by atoms with van der Waals surface area (Å²) < 4.78 is 0. The number of hydrogen-bond donors (Lipinski definition) is 0. The highest BCUT2D eigenvalue weighted by Crippen LogP contribution is 2.12. The van der Waals surface area contributed by atoms with Crippen LogP contribution < -0.4 is 0 Å². The Morgan fingerprint density at radius 3 is 3.27 bits per heavy atom. The molecule has 0 aromatic carbocycles. The molecule has 0 atom stereocenters. The van der Waals surface area contributed by atoms with Gasteiger partial charge in [-0.05, 0) is 12.2 Å². The summed E-state index contributed by atoms with van der Waals surface area (Å²) >= 11 is 0. The van der Waals surface area contributed by atoms with Gasteiger partial charge < -0.3 is 4.90 Å². The van der Waals surface area contributed by atoms with E-state index in [0.717, 1.165) is 18.9 Å². The average molecular weight is 145 g/mol. The van der Waals surface area contributed by atoms with Crippen LogP contribution in [0.3, 0.4) is 0 Å². The smallest absolute Gasteiger partial charge is 0.127 e. The third kappa shape index (κ3) is 0.926. The van der Waals surface area contributed by atoms with E-state index < -0.39 is 0 Å². The van der Waals surface area contributed by atoms with E-state index in [9.17, 15) is 0 Å². The van der Waals surface area contributed by atoms with Crippen LogP contribution in [0.5, 0.6) is 0 Å². The number of nitriles is 1. The van der Waals surface area contributed by atoms with Crippen LogP contribution in [0.1, 0.15) is 0 Å². The van der Waals surface area contributed by atoms with Gasteiger partial charge in [0.2, 0.25) is 0 Å². The molecule has 3 nitrogen and oxygen atoms in total. The maximum Gasteiger partial charge on any atom is 0.127 e. The van der Waals surface area contributed by atoms with Crippen molar-refractivity contribution in [2.24, 2.45) is 4.99 Å². The summed E-state index contributed by atoms with van der Waals surface area (Å²) in [6, 6.07) is 2.09. The minimum absolute atomic E-state index is 0.700. The fourth-order valence-corrected chi connectivity index (χ4v) is 1.20. The number of rotatable bonds is 0. The number of hydrogen-bond acceptors (Lipinski definition) is 3. The topological polar surface area (TPSA) is 39.4 Å². The highest BCUT2D eigenvalue weighted by molar-refractivity contribution is 5.96. The van der Waals surface area contributed by atoms with Crippen LogP contribution in [0, 0.1) is 11.3 Å². The molecule has 0 amide bonds. The molecule has 2 aliphatic heterocycles. The first-order valence-corrected chi connectivity index (χ1v) is 3.51.